The Kier molecular flexibility index (Phi) is 13.0. The number of unbranched alkanes of at least 4 members (excludes halogenated alkanes) is 1. The zero-order valence-electron chi connectivity index (χ0n) is 23.4. The first-order chi connectivity index (χ1) is 18.6. The van der Waals surface area contributed by atoms with Gasteiger partial charge >= 0.3 is 0 Å². The number of hydrogen-bond acceptors (Lipinski definition) is 4. The van der Waals surface area contributed by atoms with E-state index in [9.17, 15) is 28.3 Å². The maximum absolute atomic E-state index is 13.8. The van der Waals surface area contributed by atoms with Crippen molar-refractivity contribution in [2.24, 2.45) is 0 Å². The van der Waals surface area contributed by atoms with Crippen LogP contribution in [0.2, 0.25) is 0 Å². The van der Waals surface area contributed by atoms with Crippen LogP contribution in [0, 0.1) is 18.6 Å². The van der Waals surface area contributed by atoms with Gasteiger partial charge in [0.15, 0.2) is 0 Å². The molecule has 0 saturated carbocycles. The zero-order chi connectivity index (χ0) is 28.9. The minimum Gasteiger partial charge on any atom is -0.389 e. The molecule has 2 rings (SSSR count). The van der Waals surface area contributed by atoms with Crippen molar-refractivity contribution in [2.75, 3.05) is 19.6 Å². The Morgan fingerprint density at radius 3 is 2.10 bits per heavy atom. The van der Waals surface area contributed by atoms with Crippen molar-refractivity contribution in [3.05, 3.63) is 70.3 Å². The van der Waals surface area contributed by atoms with Gasteiger partial charge < -0.3 is 20.6 Å². The number of benzene rings is 2. The summed E-state index contributed by atoms with van der Waals surface area (Å²) in [5, 5.41) is 16.3. The number of aliphatic hydroxyl groups is 1. The number of carbonyl (C=O) groups excluding carboxylic acids is 3. The molecular weight excluding hydrogens is 504 g/mol. The molecule has 0 spiro atoms. The summed E-state index contributed by atoms with van der Waals surface area (Å²) < 4.78 is 27.7. The molecule has 0 aliphatic rings. The van der Waals surface area contributed by atoms with Crippen molar-refractivity contribution in [3.63, 3.8) is 0 Å². The molecule has 3 amide bonds. The summed E-state index contributed by atoms with van der Waals surface area (Å²) in [6.07, 6.45) is 2.15. The third-order valence-electron chi connectivity index (χ3n) is 6.29. The molecule has 39 heavy (non-hydrogen) atoms. The van der Waals surface area contributed by atoms with E-state index in [4.69, 9.17) is 0 Å². The van der Waals surface area contributed by atoms with Gasteiger partial charge in [0.1, 0.15) is 11.6 Å². The quantitative estimate of drug-likeness (QED) is 0.306. The first-order valence-electron chi connectivity index (χ1n) is 13.7. The van der Waals surface area contributed by atoms with Crippen LogP contribution in [0.15, 0.2) is 36.4 Å². The topological polar surface area (TPSA) is 98.7 Å². The Morgan fingerprint density at radius 2 is 1.51 bits per heavy atom. The number of halogens is 2. The van der Waals surface area contributed by atoms with Gasteiger partial charge in [0.2, 0.25) is 5.91 Å². The van der Waals surface area contributed by atoms with Crippen molar-refractivity contribution >= 4 is 17.7 Å². The monoisotopic (exact) mass is 545 g/mol. The second-order valence-corrected chi connectivity index (χ2v) is 9.92. The van der Waals surface area contributed by atoms with Crippen LogP contribution >= 0.6 is 0 Å². The van der Waals surface area contributed by atoms with Gasteiger partial charge in [0.25, 0.3) is 11.8 Å². The highest BCUT2D eigenvalue weighted by atomic mass is 19.1. The lowest BCUT2D eigenvalue weighted by molar-refractivity contribution is -0.121. The third kappa shape index (κ3) is 10.4. The summed E-state index contributed by atoms with van der Waals surface area (Å²) in [6.45, 7) is 8.79. The van der Waals surface area contributed by atoms with E-state index < -0.39 is 29.7 Å². The van der Waals surface area contributed by atoms with Gasteiger partial charge in [0, 0.05) is 43.2 Å². The molecule has 0 radical (unpaired) electrons. The van der Waals surface area contributed by atoms with Crippen LogP contribution in [-0.2, 0) is 11.2 Å². The van der Waals surface area contributed by atoms with Gasteiger partial charge in [0.05, 0.1) is 12.1 Å². The number of nitrogens with zero attached hydrogens (tertiary/aromatic N) is 1. The average Bonchev–Trinajstić information content (AvgIpc) is 2.88. The highest BCUT2D eigenvalue weighted by Gasteiger charge is 2.25. The summed E-state index contributed by atoms with van der Waals surface area (Å²) in [7, 11) is 0. The van der Waals surface area contributed by atoms with Crippen molar-refractivity contribution in [1.29, 1.82) is 0 Å². The highest BCUT2D eigenvalue weighted by Crippen LogP contribution is 2.16. The molecule has 214 valence electrons. The van der Waals surface area contributed by atoms with Crippen molar-refractivity contribution in [2.45, 2.75) is 78.4 Å². The number of nitrogens with one attached hydrogen (secondary N) is 2. The second kappa shape index (κ2) is 15.9. The van der Waals surface area contributed by atoms with Gasteiger partial charge in [-0.2, -0.15) is 0 Å². The molecule has 0 aliphatic carbocycles. The Balaban J connectivity index is 2.29. The van der Waals surface area contributed by atoms with Gasteiger partial charge in [-0.05, 0) is 74.1 Å². The molecule has 3 N–H and O–H groups in total. The Morgan fingerprint density at radius 1 is 0.897 bits per heavy atom. The summed E-state index contributed by atoms with van der Waals surface area (Å²) in [5.41, 5.74) is 1.56. The Labute approximate surface area is 230 Å². The zero-order valence-corrected chi connectivity index (χ0v) is 23.4. The predicted octanol–water partition coefficient (Wildman–Crippen LogP) is 4.54. The molecule has 9 heteroatoms. The van der Waals surface area contributed by atoms with Crippen LogP contribution in [-0.4, -0.2) is 59.5 Å². The standard InChI is InChI=1S/C30H41F2N3O4/c1-5-8-9-28(37)33-19-27(36)26(16-21-14-24(31)18-25(32)15-21)34-29(38)22-12-20(4)13-23(17-22)30(39)35(10-6-2)11-7-3/h12-15,17-18,26-27,36H,5-11,16,19H2,1-4H3,(H,33,37)(H,34,38)/t26-,27+/m0/s1. The summed E-state index contributed by atoms with van der Waals surface area (Å²) >= 11 is 0. The third-order valence-corrected chi connectivity index (χ3v) is 6.29. The van der Waals surface area contributed by atoms with Crippen LogP contribution in [0.3, 0.4) is 0 Å². The lowest BCUT2D eigenvalue weighted by atomic mass is 9.99. The minimum atomic E-state index is -1.23. The lowest BCUT2D eigenvalue weighted by Gasteiger charge is -2.25. The smallest absolute Gasteiger partial charge is 0.253 e. The molecule has 0 heterocycles. The van der Waals surface area contributed by atoms with E-state index >= 15 is 0 Å². The fraction of sp³-hybridized carbons (Fsp3) is 0.500. The fourth-order valence-corrected chi connectivity index (χ4v) is 4.38. The number of aryl methyl sites for hydroxylation is 1. The molecule has 7 nitrogen and oxygen atoms in total. The molecule has 0 saturated heterocycles. The average molecular weight is 546 g/mol. The first-order valence-corrected chi connectivity index (χ1v) is 13.7. The maximum atomic E-state index is 13.8. The SMILES string of the molecule is CCCCC(=O)NC[C@@H](O)[C@H](Cc1cc(F)cc(F)c1)NC(=O)c1cc(C)cc(C(=O)N(CCC)CCC)c1. The number of amides is 3. The van der Waals surface area contributed by atoms with Crippen LogP contribution in [0.4, 0.5) is 8.78 Å². The number of hydrogen-bond donors (Lipinski definition) is 3. The normalized spacial score (nSPS) is 12.5. The van der Waals surface area contributed by atoms with E-state index in [0.29, 0.717) is 37.1 Å². The van der Waals surface area contributed by atoms with E-state index in [0.717, 1.165) is 37.5 Å². The van der Waals surface area contributed by atoms with Crippen LogP contribution in [0.25, 0.3) is 0 Å². The molecule has 0 fully saturated rings. The number of rotatable bonds is 15. The van der Waals surface area contributed by atoms with Crippen LogP contribution in [0.5, 0.6) is 0 Å². The second-order valence-electron chi connectivity index (χ2n) is 9.92. The molecular formula is C30H41F2N3O4. The molecule has 0 unspecified atom stereocenters. The minimum absolute atomic E-state index is 0.0786. The number of aliphatic hydroxyl groups excluding tert-OH is 1. The van der Waals surface area contributed by atoms with Crippen molar-refractivity contribution < 1.29 is 28.3 Å². The molecule has 0 aliphatic heterocycles. The maximum Gasteiger partial charge on any atom is 0.253 e. The van der Waals surface area contributed by atoms with E-state index in [-0.39, 0.29) is 35.9 Å². The largest absolute Gasteiger partial charge is 0.389 e. The number of carbonyl (C=O) groups is 3. The van der Waals surface area contributed by atoms with Crippen LogP contribution < -0.4 is 10.6 Å². The molecule has 2 aromatic rings. The van der Waals surface area contributed by atoms with Crippen molar-refractivity contribution in [3.8, 4) is 0 Å². The summed E-state index contributed by atoms with van der Waals surface area (Å²) in [5.74, 6) is -2.50. The molecule has 2 aromatic carbocycles. The van der Waals surface area contributed by atoms with Crippen molar-refractivity contribution in [1.82, 2.24) is 15.5 Å². The highest BCUT2D eigenvalue weighted by molar-refractivity contribution is 6.00. The predicted molar refractivity (Wildman–Crippen MR) is 148 cm³/mol. The Bertz CT molecular complexity index is 1100. The molecule has 2 atom stereocenters. The molecule has 0 bridgehead atoms. The van der Waals surface area contributed by atoms with Gasteiger partial charge in [-0.25, -0.2) is 8.78 Å². The van der Waals surface area contributed by atoms with E-state index in [2.05, 4.69) is 10.6 Å². The summed E-state index contributed by atoms with van der Waals surface area (Å²) in [4.78, 5) is 40.3. The fourth-order valence-electron chi connectivity index (χ4n) is 4.38. The van der Waals surface area contributed by atoms with E-state index in [1.807, 2.05) is 20.8 Å². The van der Waals surface area contributed by atoms with Gasteiger partial charge in [-0.1, -0.05) is 27.2 Å². The van der Waals surface area contributed by atoms with Gasteiger partial charge in [-0.3, -0.25) is 14.4 Å². The summed E-state index contributed by atoms with van der Waals surface area (Å²) in [6, 6.07) is 6.91. The van der Waals surface area contributed by atoms with Crippen LogP contribution in [0.1, 0.15) is 84.7 Å². The molecule has 0 aromatic heterocycles. The Hall–Kier alpha value is -3.33. The first kappa shape index (κ1) is 31.9. The lowest BCUT2D eigenvalue weighted by Crippen LogP contribution is -2.49. The van der Waals surface area contributed by atoms with E-state index in [1.54, 1.807) is 24.0 Å². The van der Waals surface area contributed by atoms with Gasteiger partial charge in [-0.15, -0.1) is 0 Å². The van der Waals surface area contributed by atoms with E-state index in [1.165, 1.54) is 6.07 Å².